The molecule has 0 radical (unpaired) electrons. The van der Waals surface area contributed by atoms with E-state index in [9.17, 15) is 4.39 Å². The van der Waals surface area contributed by atoms with Crippen LogP contribution in [0.4, 0.5) is 10.1 Å². The standard InChI is InChI=1S/C11H14FNO2/c12-9-2-1-3-10(11(9)13)15-7-8-4-5-14-6-8/h1-3,8H,4-7,13H2. The van der Waals surface area contributed by atoms with Crippen LogP contribution in [-0.2, 0) is 4.74 Å². The van der Waals surface area contributed by atoms with E-state index in [0.29, 0.717) is 18.3 Å². The van der Waals surface area contributed by atoms with Crippen LogP contribution in [0.15, 0.2) is 18.2 Å². The molecule has 1 aliphatic heterocycles. The van der Waals surface area contributed by atoms with Gasteiger partial charge in [-0.15, -0.1) is 0 Å². The highest BCUT2D eigenvalue weighted by Gasteiger charge is 2.17. The fourth-order valence-electron chi connectivity index (χ4n) is 1.57. The average molecular weight is 211 g/mol. The SMILES string of the molecule is Nc1c(F)cccc1OCC1CCOC1. The Morgan fingerprint density at radius 2 is 2.40 bits per heavy atom. The van der Waals surface area contributed by atoms with Gasteiger partial charge in [-0.1, -0.05) is 6.07 Å². The summed E-state index contributed by atoms with van der Waals surface area (Å²) >= 11 is 0. The molecule has 1 unspecified atom stereocenters. The van der Waals surface area contributed by atoms with Crippen LogP contribution < -0.4 is 10.5 Å². The van der Waals surface area contributed by atoms with Gasteiger partial charge in [0, 0.05) is 12.5 Å². The lowest BCUT2D eigenvalue weighted by molar-refractivity contribution is 0.167. The predicted molar refractivity (Wildman–Crippen MR) is 55.2 cm³/mol. The van der Waals surface area contributed by atoms with Crippen LogP contribution in [0.3, 0.4) is 0 Å². The molecule has 1 saturated heterocycles. The molecular formula is C11H14FNO2. The number of benzene rings is 1. The highest BCUT2D eigenvalue weighted by atomic mass is 19.1. The van der Waals surface area contributed by atoms with Crippen molar-refractivity contribution in [2.24, 2.45) is 5.92 Å². The molecule has 4 heteroatoms. The van der Waals surface area contributed by atoms with Crippen LogP contribution >= 0.6 is 0 Å². The van der Waals surface area contributed by atoms with Crippen molar-refractivity contribution in [2.75, 3.05) is 25.6 Å². The van der Waals surface area contributed by atoms with Gasteiger partial charge < -0.3 is 15.2 Å². The maximum absolute atomic E-state index is 13.1. The highest BCUT2D eigenvalue weighted by Crippen LogP contribution is 2.25. The van der Waals surface area contributed by atoms with E-state index in [-0.39, 0.29) is 5.69 Å². The molecule has 0 aliphatic carbocycles. The quantitative estimate of drug-likeness (QED) is 0.776. The number of hydrogen-bond donors (Lipinski definition) is 1. The van der Waals surface area contributed by atoms with E-state index in [0.717, 1.165) is 19.6 Å². The van der Waals surface area contributed by atoms with Crippen molar-refractivity contribution in [3.8, 4) is 5.75 Å². The maximum atomic E-state index is 13.1. The first kappa shape index (κ1) is 10.2. The average Bonchev–Trinajstić information content (AvgIpc) is 2.73. The van der Waals surface area contributed by atoms with Gasteiger partial charge in [-0.2, -0.15) is 0 Å². The van der Waals surface area contributed by atoms with E-state index < -0.39 is 5.82 Å². The van der Waals surface area contributed by atoms with E-state index in [4.69, 9.17) is 15.2 Å². The largest absolute Gasteiger partial charge is 0.491 e. The Hall–Kier alpha value is -1.29. The molecular weight excluding hydrogens is 197 g/mol. The molecule has 1 aromatic rings. The molecule has 2 rings (SSSR count). The minimum Gasteiger partial charge on any atom is -0.491 e. The zero-order valence-corrected chi connectivity index (χ0v) is 8.41. The molecule has 0 aromatic heterocycles. The van der Waals surface area contributed by atoms with E-state index in [1.165, 1.54) is 6.07 Å². The van der Waals surface area contributed by atoms with Gasteiger partial charge in [0.25, 0.3) is 0 Å². The lowest BCUT2D eigenvalue weighted by Crippen LogP contribution is -2.12. The van der Waals surface area contributed by atoms with Crippen LogP contribution in [0, 0.1) is 11.7 Å². The van der Waals surface area contributed by atoms with E-state index in [2.05, 4.69) is 0 Å². The Morgan fingerprint density at radius 3 is 3.13 bits per heavy atom. The summed E-state index contributed by atoms with van der Waals surface area (Å²) in [4.78, 5) is 0. The third-order valence-corrected chi connectivity index (χ3v) is 2.51. The number of hydrogen-bond acceptors (Lipinski definition) is 3. The number of nitrogens with two attached hydrogens (primary N) is 1. The zero-order valence-electron chi connectivity index (χ0n) is 8.41. The first-order valence-corrected chi connectivity index (χ1v) is 5.02. The summed E-state index contributed by atoms with van der Waals surface area (Å²) in [5.74, 6) is 0.379. The molecule has 2 N–H and O–H groups in total. The summed E-state index contributed by atoms with van der Waals surface area (Å²) < 4.78 is 23.7. The molecule has 0 bridgehead atoms. The predicted octanol–water partition coefficient (Wildman–Crippen LogP) is 1.82. The Morgan fingerprint density at radius 1 is 1.53 bits per heavy atom. The van der Waals surface area contributed by atoms with Crippen LogP contribution in [0.5, 0.6) is 5.75 Å². The topological polar surface area (TPSA) is 44.5 Å². The second-order valence-electron chi connectivity index (χ2n) is 3.69. The van der Waals surface area contributed by atoms with Crippen molar-refractivity contribution in [2.45, 2.75) is 6.42 Å². The van der Waals surface area contributed by atoms with Crippen LogP contribution in [0.25, 0.3) is 0 Å². The number of rotatable bonds is 3. The first-order chi connectivity index (χ1) is 7.27. The summed E-state index contributed by atoms with van der Waals surface area (Å²) in [6.45, 7) is 2.04. The van der Waals surface area contributed by atoms with Crippen LogP contribution in [-0.4, -0.2) is 19.8 Å². The first-order valence-electron chi connectivity index (χ1n) is 5.02. The van der Waals surface area contributed by atoms with Crippen LogP contribution in [0.1, 0.15) is 6.42 Å². The van der Waals surface area contributed by atoms with Crippen molar-refractivity contribution in [3.63, 3.8) is 0 Å². The Bertz CT molecular complexity index is 337. The van der Waals surface area contributed by atoms with Gasteiger partial charge in [-0.05, 0) is 18.6 Å². The maximum Gasteiger partial charge on any atom is 0.149 e. The number of ether oxygens (including phenoxy) is 2. The lowest BCUT2D eigenvalue weighted by atomic mass is 10.1. The monoisotopic (exact) mass is 211 g/mol. The second-order valence-corrected chi connectivity index (χ2v) is 3.69. The minimum absolute atomic E-state index is 0.0800. The molecule has 1 heterocycles. The molecule has 1 fully saturated rings. The van der Waals surface area contributed by atoms with Crippen LogP contribution in [0.2, 0.25) is 0 Å². The van der Waals surface area contributed by atoms with E-state index in [1.54, 1.807) is 12.1 Å². The minimum atomic E-state index is -0.435. The molecule has 82 valence electrons. The molecule has 1 atom stereocenters. The van der Waals surface area contributed by atoms with Gasteiger partial charge in [0.15, 0.2) is 0 Å². The fourth-order valence-corrected chi connectivity index (χ4v) is 1.57. The van der Waals surface area contributed by atoms with E-state index in [1.807, 2.05) is 0 Å². The Balaban J connectivity index is 1.95. The van der Waals surface area contributed by atoms with Crippen molar-refractivity contribution < 1.29 is 13.9 Å². The third-order valence-electron chi connectivity index (χ3n) is 2.51. The Labute approximate surface area is 88.0 Å². The zero-order chi connectivity index (χ0) is 10.7. The number of anilines is 1. The second kappa shape index (κ2) is 4.49. The molecule has 3 nitrogen and oxygen atoms in total. The third kappa shape index (κ3) is 2.39. The molecule has 1 aliphatic rings. The summed E-state index contributed by atoms with van der Waals surface area (Å²) in [6.07, 6.45) is 0.995. The van der Waals surface area contributed by atoms with Crippen molar-refractivity contribution >= 4 is 5.69 Å². The van der Waals surface area contributed by atoms with Gasteiger partial charge in [-0.25, -0.2) is 4.39 Å². The van der Waals surface area contributed by atoms with Gasteiger partial charge >= 0.3 is 0 Å². The van der Waals surface area contributed by atoms with Gasteiger partial charge in [0.1, 0.15) is 17.3 Å². The van der Waals surface area contributed by atoms with Crippen molar-refractivity contribution in [1.82, 2.24) is 0 Å². The Kier molecular flexibility index (Phi) is 3.06. The van der Waals surface area contributed by atoms with Gasteiger partial charge in [0.2, 0.25) is 0 Å². The number of halogens is 1. The smallest absolute Gasteiger partial charge is 0.149 e. The van der Waals surface area contributed by atoms with Gasteiger partial charge in [-0.3, -0.25) is 0 Å². The summed E-state index contributed by atoms with van der Waals surface area (Å²) in [6, 6.07) is 4.58. The normalized spacial score (nSPS) is 20.5. The number of nitrogen functional groups attached to an aromatic ring is 1. The van der Waals surface area contributed by atoms with Crippen molar-refractivity contribution in [1.29, 1.82) is 0 Å². The summed E-state index contributed by atoms with van der Waals surface area (Å²) in [5.41, 5.74) is 5.62. The van der Waals surface area contributed by atoms with Gasteiger partial charge in [0.05, 0.1) is 13.2 Å². The molecule has 15 heavy (non-hydrogen) atoms. The molecule has 1 aromatic carbocycles. The molecule has 0 amide bonds. The molecule has 0 saturated carbocycles. The highest BCUT2D eigenvalue weighted by molar-refractivity contribution is 5.53. The summed E-state index contributed by atoms with van der Waals surface area (Å²) in [7, 11) is 0. The molecule has 0 spiro atoms. The van der Waals surface area contributed by atoms with E-state index >= 15 is 0 Å². The summed E-state index contributed by atoms with van der Waals surface area (Å²) in [5, 5.41) is 0. The fraction of sp³-hybridized carbons (Fsp3) is 0.455. The van der Waals surface area contributed by atoms with Crippen molar-refractivity contribution in [3.05, 3.63) is 24.0 Å². The number of para-hydroxylation sites is 1. The lowest BCUT2D eigenvalue weighted by Gasteiger charge is -2.12.